The van der Waals surface area contributed by atoms with Crippen molar-refractivity contribution in [2.45, 2.75) is 11.8 Å². The maximum absolute atomic E-state index is 12.4. The molecule has 0 fully saturated rings. The fourth-order valence-electron chi connectivity index (χ4n) is 2.13. The molecule has 0 aliphatic heterocycles. The monoisotopic (exact) mass is 363 g/mol. The van der Waals surface area contributed by atoms with Crippen LogP contribution in [-0.4, -0.2) is 37.6 Å². The molecular formula is C16H17N3O5S. The quantitative estimate of drug-likeness (QED) is 0.648. The van der Waals surface area contributed by atoms with Gasteiger partial charge in [0.25, 0.3) is 11.6 Å². The first kappa shape index (κ1) is 18.6. The highest BCUT2D eigenvalue weighted by Gasteiger charge is 2.22. The Morgan fingerprint density at radius 3 is 2.40 bits per heavy atom. The number of anilines is 1. The third-order valence-corrected chi connectivity index (χ3v) is 5.44. The minimum Gasteiger partial charge on any atom is -0.321 e. The summed E-state index contributed by atoms with van der Waals surface area (Å²) in [7, 11) is -0.981. The summed E-state index contributed by atoms with van der Waals surface area (Å²) in [5.41, 5.74) is 0.415. The van der Waals surface area contributed by atoms with Crippen LogP contribution in [0, 0.1) is 17.0 Å². The third-order valence-electron chi connectivity index (χ3n) is 3.56. The maximum atomic E-state index is 12.4. The number of para-hydroxylation sites is 1. The van der Waals surface area contributed by atoms with Gasteiger partial charge in [-0.05, 0) is 25.1 Å². The van der Waals surface area contributed by atoms with Crippen LogP contribution in [0.3, 0.4) is 0 Å². The second kappa shape index (κ2) is 6.99. The first-order chi connectivity index (χ1) is 11.6. The van der Waals surface area contributed by atoms with E-state index >= 15 is 0 Å². The van der Waals surface area contributed by atoms with Gasteiger partial charge in [-0.3, -0.25) is 14.9 Å². The van der Waals surface area contributed by atoms with Crippen molar-refractivity contribution < 1.29 is 18.1 Å². The van der Waals surface area contributed by atoms with E-state index in [2.05, 4.69) is 5.32 Å². The highest BCUT2D eigenvalue weighted by atomic mass is 32.2. The smallest absolute Gasteiger partial charge is 0.273 e. The molecule has 0 saturated heterocycles. The number of carbonyl (C=O) groups excluding carboxylic acids is 1. The summed E-state index contributed by atoms with van der Waals surface area (Å²) in [6.07, 6.45) is 0. The Hall–Kier alpha value is -2.78. The van der Waals surface area contributed by atoms with Crippen molar-refractivity contribution in [3.05, 3.63) is 63.7 Å². The van der Waals surface area contributed by atoms with Crippen LogP contribution in [0.4, 0.5) is 11.4 Å². The molecule has 0 spiro atoms. The lowest BCUT2D eigenvalue weighted by Gasteiger charge is -2.15. The van der Waals surface area contributed by atoms with Crippen LogP contribution in [-0.2, 0) is 10.0 Å². The second-order valence-electron chi connectivity index (χ2n) is 5.50. The summed E-state index contributed by atoms with van der Waals surface area (Å²) >= 11 is 0. The number of aryl methyl sites for hydroxylation is 1. The molecule has 2 rings (SSSR count). The predicted molar refractivity (Wildman–Crippen MR) is 93.1 cm³/mol. The van der Waals surface area contributed by atoms with Gasteiger partial charge in [-0.15, -0.1) is 0 Å². The standard InChI is InChI=1S/C16H17N3O5S/c1-11-8-9-12(10-14(11)19(21)22)16(20)17-13-6-4-5-7-15(13)25(23,24)18(2)3/h4-10H,1-3H3,(H,17,20). The van der Waals surface area contributed by atoms with E-state index in [9.17, 15) is 23.3 Å². The number of rotatable bonds is 5. The lowest BCUT2D eigenvalue weighted by atomic mass is 10.1. The molecule has 132 valence electrons. The van der Waals surface area contributed by atoms with E-state index in [0.29, 0.717) is 5.56 Å². The fourth-order valence-corrected chi connectivity index (χ4v) is 3.17. The van der Waals surface area contributed by atoms with Gasteiger partial charge < -0.3 is 5.32 Å². The van der Waals surface area contributed by atoms with Gasteiger partial charge in [0.2, 0.25) is 10.0 Å². The number of nitrogens with one attached hydrogen (secondary N) is 1. The average molecular weight is 363 g/mol. The SMILES string of the molecule is Cc1ccc(C(=O)Nc2ccccc2S(=O)(=O)N(C)C)cc1[N+](=O)[O-]. The molecule has 0 heterocycles. The highest BCUT2D eigenvalue weighted by molar-refractivity contribution is 7.89. The molecule has 1 amide bonds. The number of sulfonamides is 1. The number of nitrogens with zero attached hydrogens (tertiary/aromatic N) is 2. The predicted octanol–water partition coefficient (Wildman–Crippen LogP) is 2.41. The summed E-state index contributed by atoms with van der Waals surface area (Å²) in [4.78, 5) is 22.8. The Bertz CT molecular complexity index is 939. The van der Waals surface area contributed by atoms with E-state index in [1.54, 1.807) is 19.1 Å². The molecule has 1 N–H and O–H groups in total. The molecule has 0 bridgehead atoms. The van der Waals surface area contributed by atoms with Crippen LogP contribution in [0.15, 0.2) is 47.4 Å². The minimum atomic E-state index is -3.75. The zero-order chi connectivity index (χ0) is 18.8. The van der Waals surface area contributed by atoms with Crippen molar-refractivity contribution in [3.8, 4) is 0 Å². The third kappa shape index (κ3) is 3.83. The lowest BCUT2D eigenvalue weighted by molar-refractivity contribution is -0.385. The van der Waals surface area contributed by atoms with Gasteiger partial charge in [-0.2, -0.15) is 0 Å². The number of hydrogen-bond donors (Lipinski definition) is 1. The van der Waals surface area contributed by atoms with Crippen LogP contribution in [0.1, 0.15) is 15.9 Å². The Balaban J connectivity index is 2.40. The molecule has 9 heteroatoms. The van der Waals surface area contributed by atoms with Crippen LogP contribution in [0.5, 0.6) is 0 Å². The number of benzene rings is 2. The summed E-state index contributed by atoms with van der Waals surface area (Å²) < 4.78 is 25.7. The van der Waals surface area contributed by atoms with Gasteiger partial charge in [-0.25, -0.2) is 12.7 Å². The highest BCUT2D eigenvalue weighted by Crippen LogP contribution is 2.25. The molecule has 0 saturated carbocycles. The summed E-state index contributed by atoms with van der Waals surface area (Å²) in [5.74, 6) is -0.635. The summed E-state index contributed by atoms with van der Waals surface area (Å²) in [5, 5.41) is 13.5. The first-order valence-electron chi connectivity index (χ1n) is 7.22. The molecule has 25 heavy (non-hydrogen) atoms. The zero-order valence-electron chi connectivity index (χ0n) is 13.9. The number of hydrogen-bond acceptors (Lipinski definition) is 5. The van der Waals surface area contributed by atoms with Gasteiger partial charge >= 0.3 is 0 Å². The van der Waals surface area contributed by atoms with Crippen molar-refractivity contribution >= 4 is 27.3 Å². The summed E-state index contributed by atoms with van der Waals surface area (Å²) in [6.45, 7) is 1.57. The van der Waals surface area contributed by atoms with Crippen LogP contribution >= 0.6 is 0 Å². The lowest BCUT2D eigenvalue weighted by Crippen LogP contribution is -2.24. The van der Waals surface area contributed by atoms with Gasteiger partial charge in [0.1, 0.15) is 4.90 Å². The summed E-state index contributed by atoms with van der Waals surface area (Å²) in [6, 6.07) is 10.0. The van der Waals surface area contributed by atoms with Gasteiger partial charge in [0.15, 0.2) is 0 Å². The number of amides is 1. The number of nitro benzene ring substituents is 1. The largest absolute Gasteiger partial charge is 0.321 e. The average Bonchev–Trinajstić information content (AvgIpc) is 2.55. The molecule has 8 nitrogen and oxygen atoms in total. The van der Waals surface area contributed by atoms with Crippen molar-refractivity contribution in [1.82, 2.24) is 4.31 Å². The van der Waals surface area contributed by atoms with E-state index in [1.807, 2.05) is 0 Å². The Morgan fingerprint density at radius 2 is 1.80 bits per heavy atom. The van der Waals surface area contributed by atoms with Crippen molar-refractivity contribution in [1.29, 1.82) is 0 Å². The van der Waals surface area contributed by atoms with E-state index < -0.39 is 20.9 Å². The molecule has 2 aromatic rings. The van der Waals surface area contributed by atoms with E-state index in [4.69, 9.17) is 0 Å². The van der Waals surface area contributed by atoms with Crippen molar-refractivity contribution in [3.63, 3.8) is 0 Å². The topological polar surface area (TPSA) is 110 Å². The fraction of sp³-hybridized carbons (Fsp3) is 0.188. The van der Waals surface area contributed by atoms with Crippen LogP contribution in [0.2, 0.25) is 0 Å². The number of carbonyl (C=O) groups is 1. The van der Waals surface area contributed by atoms with Crippen molar-refractivity contribution in [2.24, 2.45) is 0 Å². The Morgan fingerprint density at radius 1 is 1.16 bits per heavy atom. The molecular weight excluding hydrogens is 346 g/mol. The first-order valence-corrected chi connectivity index (χ1v) is 8.66. The van der Waals surface area contributed by atoms with Gasteiger partial charge in [0.05, 0.1) is 10.6 Å². The molecule has 0 aromatic heterocycles. The minimum absolute atomic E-state index is 0.0602. The zero-order valence-corrected chi connectivity index (χ0v) is 14.7. The molecule has 0 radical (unpaired) electrons. The van der Waals surface area contributed by atoms with Crippen LogP contribution < -0.4 is 5.32 Å². The van der Waals surface area contributed by atoms with Gasteiger partial charge in [0, 0.05) is 31.3 Å². The molecule has 0 aliphatic rings. The molecule has 0 aliphatic carbocycles. The van der Waals surface area contributed by atoms with Crippen molar-refractivity contribution in [2.75, 3.05) is 19.4 Å². The Kier molecular flexibility index (Phi) is 5.19. The molecule has 0 atom stereocenters. The molecule has 2 aromatic carbocycles. The second-order valence-corrected chi connectivity index (χ2v) is 7.62. The van der Waals surface area contributed by atoms with E-state index in [0.717, 1.165) is 10.4 Å². The normalized spacial score (nSPS) is 11.4. The van der Waals surface area contributed by atoms with Crippen LogP contribution in [0.25, 0.3) is 0 Å². The van der Waals surface area contributed by atoms with E-state index in [1.165, 1.54) is 38.4 Å². The maximum Gasteiger partial charge on any atom is 0.273 e. The van der Waals surface area contributed by atoms with Gasteiger partial charge in [-0.1, -0.05) is 18.2 Å². The Labute approximate surface area is 145 Å². The van der Waals surface area contributed by atoms with E-state index in [-0.39, 0.29) is 21.8 Å². The number of nitro groups is 1. The molecule has 0 unspecified atom stereocenters.